The number of halogens is 2. The van der Waals surface area contributed by atoms with Crippen LogP contribution in [0.2, 0.25) is 0 Å². The molecule has 0 saturated heterocycles. The van der Waals surface area contributed by atoms with Gasteiger partial charge in [-0.15, -0.1) is 8.39 Å². The standard InChI is InChI=1S/C6H13F2O13P3/c7-22(12,13)19-5-2(10)1(9)4(21-24(16,17)18)3(11)6(5)20-23(8,14)15/h1-6,9-11H,(H,12,13)(H,14,15)(H2,16,17,18)/t1-,2+,3+,4-,5-,6-/m0/s1. The number of phosphoric ester groups is 1. The molecule has 0 aliphatic heterocycles. The van der Waals surface area contributed by atoms with Crippen LogP contribution in [0, 0.1) is 0 Å². The fraction of sp³-hybridized carbons (Fsp3) is 1.00. The van der Waals surface area contributed by atoms with E-state index in [0.717, 1.165) is 0 Å². The molecule has 0 aromatic heterocycles. The molecule has 0 bridgehead atoms. The van der Waals surface area contributed by atoms with Gasteiger partial charge in [-0.05, 0) is 0 Å². The lowest BCUT2D eigenvalue weighted by molar-refractivity contribution is -0.211. The smallest absolute Gasteiger partial charge is 0.387 e. The molecule has 0 heterocycles. The van der Waals surface area contributed by atoms with Crippen molar-refractivity contribution in [1.29, 1.82) is 0 Å². The molecule has 2 unspecified atom stereocenters. The summed E-state index contributed by atoms with van der Waals surface area (Å²) in [6.45, 7) is 0. The monoisotopic (exact) mass is 424 g/mol. The van der Waals surface area contributed by atoms with Crippen molar-refractivity contribution in [3.05, 3.63) is 0 Å². The van der Waals surface area contributed by atoms with Crippen molar-refractivity contribution in [2.75, 3.05) is 0 Å². The van der Waals surface area contributed by atoms with Gasteiger partial charge < -0.3 is 25.1 Å². The fourth-order valence-corrected chi connectivity index (χ4v) is 3.65. The minimum atomic E-state index is -5.97. The van der Waals surface area contributed by atoms with Gasteiger partial charge in [-0.25, -0.2) is 13.7 Å². The van der Waals surface area contributed by atoms with Crippen molar-refractivity contribution >= 4 is 23.6 Å². The third-order valence-electron chi connectivity index (χ3n) is 2.78. The van der Waals surface area contributed by atoms with Crippen molar-refractivity contribution in [2.24, 2.45) is 0 Å². The maximum absolute atomic E-state index is 12.8. The van der Waals surface area contributed by atoms with Crippen LogP contribution in [0.1, 0.15) is 0 Å². The number of rotatable bonds is 6. The van der Waals surface area contributed by atoms with Gasteiger partial charge in [0, 0.05) is 0 Å². The van der Waals surface area contributed by atoms with Crippen LogP contribution >= 0.6 is 23.6 Å². The lowest BCUT2D eigenvalue weighted by atomic mass is 9.85. The van der Waals surface area contributed by atoms with E-state index in [-0.39, 0.29) is 0 Å². The highest BCUT2D eigenvalue weighted by Crippen LogP contribution is 2.52. The third kappa shape index (κ3) is 6.46. The van der Waals surface area contributed by atoms with Crippen LogP contribution in [-0.4, -0.2) is 71.5 Å². The van der Waals surface area contributed by atoms with Gasteiger partial charge >= 0.3 is 23.6 Å². The Balaban J connectivity index is 3.23. The molecule has 1 aliphatic carbocycles. The zero-order chi connectivity index (χ0) is 19.1. The second-order valence-electron chi connectivity index (χ2n) is 4.58. The van der Waals surface area contributed by atoms with Gasteiger partial charge in [0.2, 0.25) is 0 Å². The van der Waals surface area contributed by atoms with Crippen LogP contribution < -0.4 is 0 Å². The zero-order valence-corrected chi connectivity index (χ0v) is 13.8. The summed E-state index contributed by atoms with van der Waals surface area (Å²) < 4.78 is 69.1. The van der Waals surface area contributed by atoms with Crippen molar-refractivity contribution < 1.29 is 70.6 Å². The Hall–Kier alpha value is 0.150. The van der Waals surface area contributed by atoms with Gasteiger partial charge in [-0.1, -0.05) is 0 Å². The minimum Gasteiger partial charge on any atom is -0.387 e. The first-order valence-corrected chi connectivity index (χ1v) is 10.2. The molecule has 8 atom stereocenters. The highest BCUT2D eigenvalue weighted by molar-refractivity contribution is 7.47. The summed E-state index contributed by atoms with van der Waals surface area (Å²) in [5.41, 5.74) is 0. The Morgan fingerprint density at radius 3 is 1.29 bits per heavy atom. The summed E-state index contributed by atoms with van der Waals surface area (Å²) in [5, 5.41) is 29.1. The van der Waals surface area contributed by atoms with Crippen LogP contribution in [0.3, 0.4) is 0 Å². The van der Waals surface area contributed by atoms with E-state index < -0.39 is 60.3 Å². The Labute approximate surface area is 132 Å². The van der Waals surface area contributed by atoms with Gasteiger partial charge in [0.15, 0.2) is 0 Å². The number of hydrogen-bond donors (Lipinski definition) is 7. The normalized spacial score (nSPS) is 39.9. The highest BCUT2D eigenvalue weighted by atomic mass is 31.2. The maximum Gasteiger partial charge on any atom is 0.510 e. The lowest BCUT2D eigenvalue weighted by Gasteiger charge is -2.44. The second-order valence-corrected chi connectivity index (χ2v) is 7.99. The summed E-state index contributed by atoms with van der Waals surface area (Å²) in [6, 6.07) is 0. The first kappa shape index (κ1) is 22.2. The number of phosphoric acid groups is 1. The predicted octanol–water partition coefficient (Wildman–Crippen LogP) is -1.53. The van der Waals surface area contributed by atoms with Crippen molar-refractivity contribution in [2.45, 2.75) is 36.6 Å². The molecule has 1 rings (SSSR count). The van der Waals surface area contributed by atoms with Gasteiger partial charge in [-0.3, -0.25) is 23.4 Å². The zero-order valence-electron chi connectivity index (χ0n) is 11.1. The molecule has 0 aromatic carbocycles. The Morgan fingerprint density at radius 2 is 0.958 bits per heavy atom. The molecule has 0 spiro atoms. The molecule has 0 radical (unpaired) electrons. The fourth-order valence-electron chi connectivity index (χ4n) is 1.99. The Morgan fingerprint density at radius 1 is 0.625 bits per heavy atom. The molecule has 144 valence electrons. The van der Waals surface area contributed by atoms with E-state index in [4.69, 9.17) is 19.6 Å². The topological polar surface area (TPSA) is 221 Å². The van der Waals surface area contributed by atoms with Crippen LogP contribution in [0.4, 0.5) is 8.39 Å². The molecular weight excluding hydrogens is 411 g/mol. The molecule has 1 fully saturated rings. The third-order valence-corrected chi connectivity index (χ3v) is 4.31. The summed E-state index contributed by atoms with van der Waals surface area (Å²) in [7, 11) is -17.3. The molecule has 1 aliphatic rings. The van der Waals surface area contributed by atoms with E-state index in [1.807, 2.05) is 0 Å². The lowest BCUT2D eigenvalue weighted by Crippen LogP contribution is -2.65. The molecule has 18 heteroatoms. The molecule has 13 nitrogen and oxygen atoms in total. The second kappa shape index (κ2) is 7.41. The van der Waals surface area contributed by atoms with Crippen LogP contribution in [0.5, 0.6) is 0 Å². The molecule has 1 saturated carbocycles. The summed E-state index contributed by atoms with van der Waals surface area (Å²) in [4.78, 5) is 34.3. The minimum absolute atomic E-state index is 2.42. The van der Waals surface area contributed by atoms with Gasteiger partial charge in [0.05, 0.1) is 0 Å². The number of aliphatic hydroxyl groups is 3. The molecule has 0 amide bonds. The average molecular weight is 424 g/mol. The van der Waals surface area contributed by atoms with Crippen LogP contribution in [0.25, 0.3) is 0 Å². The molecule has 7 N–H and O–H groups in total. The average Bonchev–Trinajstić information content (AvgIpc) is 2.32. The summed E-state index contributed by atoms with van der Waals surface area (Å²) >= 11 is 0. The van der Waals surface area contributed by atoms with E-state index in [1.165, 1.54) is 0 Å². The van der Waals surface area contributed by atoms with E-state index in [0.29, 0.717) is 0 Å². The van der Waals surface area contributed by atoms with Gasteiger partial charge in [-0.2, -0.15) is 0 Å². The van der Waals surface area contributed by atoms with Crippen molar-refractivity contribution in [1.82, 2.24) is 0 Å². The first-order valence-electron chi connectivity index (χ1n) is 5.72. The first-order chi connectivity index (χ1) is 10.5. The molecule has 0 aromatic rings. The van der Waals surface area contributed by atoms with Gasteiger partial charge in [0.25, 0.3) is 0 Å². The Bertz CT molecular complexity index is 582. The SMILES string of the molecule is O=P(O)(O)O[C@@H]1[C@@H](O)[C@H](OP(=O)(O)F)[C@@H](OP(=O)(O)F)[C@H](O)[C@@H]1O. The molecular formula is C6H13F2O13P3. The van der Waals surface area contributed by atoms with E-state index in [9.17, 15) is 37.4 Å². The van der Waals surface area contributed by atoms with Crippen LogP contribution in [0.15, 0.2) is 0 Å². The molecule has 24 heavy (non-hydrogen) atoms. The quantitative estimate of drug-likeness (QED) is 0.241. The number of hydrogen-bond acceptors (Lipinski definition) is 9. The van der Waals surface area contributed by atoms with E-state index in [1.54, 1.807) is 0 Å². The summed E-state index contributed by atoms with van der Waals surface area (Å²) in [6.07, 6.45) is -15.2. The largest absolute Gasteiger partial charge is 0.510 e. The van der Waals surface area contributed by atoms with E-state index >= 15 is 0 Å². The predicted molar refractivity (Wildman–Crippen MR) is 66.6 cm³/mol. The number of aliphatic hydroxyl groups excluding tert-OH is 3. The van der Waals surface area contributed by atoms with Crippen molar-refractivity contribution in [3.63, 3.8) is 0 Å². The highest BCUT2D eigenvalue weighted by Gasteiger charge is 2.56. The van der Waals surface area contributed by atoms with Crippen molar-refractivity contribution in [3.8, 4) is 0 Å². The summed E-state index contributed by atoms with van der Waals surface area (Å²) in [5.74, 6) is 0. The maximum atomic E-state index is 12.8. The van der Waals surface area contributed by atoms with Crippen LogP contribution in [-0.2, 0) is 27.3 Å². The van der Waals surface area contributed by atoms with E-state index in [2.05, 4.69) is 13.6 Å². The van der Waals surface area contributed by atoms with Gasteiger partial charge in [0.1, 0.15) is 36.6 Å². The Kier molecular flexibility index (Phi) is 6.85.